The molecule has 0 radical (unpaired) electrons. The predicted molar refractivity (Wildman–Crippen MR) is 59.1 cm³/mol. The Morgan fingerprint density at radius 1 is 1.31 bits per heavy atom. The zero-order chi connectivity index (χ0) is 12.3. The fraction of sp³-hybridized carbons (Fsp3) is 0.500. The second-order valence-corrected chi connectivity index (χ2v) is 4.32. The van der Waals surface area contributed by atoms with E-state index in [1.807, 2.05) is 0 Å². The van der Waals surface area contributed by atoms with Gasteiger partial charge in [-0.1, -0.05) is 6.07 Å². The Bertz CT molecular complexity index is 346. The number of benzene rings is 1. The lowest BCUT2D eigenvalue weighted by atomic mass is 9.92. The molecule has 0 heterocycles. The van der Waals surface area contributed by atoms with Crippen LogP contribution in [-0.2, 0) is 11.2 Å². The Morgan fingerprint density at radius 3 is 2.25 bits per heavy atom. The van der Waals surface area contributed by atoms with Crippen LogP contribution in [0.5, 0.6) is 0 Å². The molecule has 0 saturated carbocycles. The lowest BCUT2D eigenvalue weighted by molar-refractivity contribution is 0.000456. The fourth-order valence-electron chi connectivity index (χ4n) is 1.34. The van der Waals surface area contributed by atoms with Gasteiger partial charge in [-0.25, -0.2) is 8.78 Å². The van der Waals surface area contributed by atoms with E-state index >= 15 is 0 Å². The summed E-state index contributed by atoms with van der Waals surface area (Å²) in [5.74, 6) is -1.13. The number of ether oxygens (including phenoxy) is 1. The molecule has 2 N–H and O–H groups in total. The molecule has 0 aliphatic carbocycles. The summed E-state index contributed by atoms with van der Waals surface area (Å²) >= 11 is 0. The zero-order valence-electron chi connectivity index (χ0n) is 9.76. The zero-order valence-corrected chi connectivity index (χ0v) is 9.76. The van der Waals surface area contributed by atoms with E-state index in [0.717, 1.165) is 0 Å². The summed E-state index contributed by atoms with van der Waals surface area (Å²) < 4.78 is 31.9. The van der Waals surface area contributed by atoms with Gasteiger partial charge in [0, 0.05) is 18.7 Å². The Hall–Kier alpha value is -1.00. The van der Waals surface area contributed by atoms with E-state index < -0.39 is 23.3 Å². The van der Waals surface area contributed by atoms with E-state index in [1.165, 1.54) is 25.3 Å². The quantitative estimate of drug-likeness (QED) is 0.859. The molecule has 0 amide bonds. The van der Waals surface area contributed by atoms with Crippen molar-refractivity contribution in [3.8, 4) is 0 Å². The summed E-state index contributed by atoms with van der Waals surface area (Å²) in [6, 6.07) is 3.32. The van der Waals surface area contributed by atoms with Gasteiger partial charge in [0.25, 0.3) is 0 Å². The second-order valence-electron chi connectivity index (χ2n) is 4.32. The Morgan fingerprint density at radius 2 is 1.81 bits per heavy atom. The van der Waals surface area contributed by atoms with Crippen LogP contribution in [0.15, 0.2) is 18.2 Å². The smallest absolute Gasteiger partial charge is 0.129 e. The van der Waals surface area contributed by atoms with E-state index in [9.17, 15) is 8.78 Å². The van der Waals surface area contributed by atoms with Crippen LogP contribution in [0.25, 0.3) is 0 Å². The van der Waals surface area contributed by atoms with Gasteiger partial charge in [-0.15, -0.1) is 0 Å². The molecule has 0 aliphatic rings. The molecule has 1 atom stereocenters. The molecular formula is C12H17F2NO. The summed E-state index contributed by atoms with van der Waals surface area (Å²) in [6.45, 7) is 3.58. The van der Waals surface area contributed by atoms with Gasteiger partial charge < -0.3 is 10.5 Å². The highest BCUT2D eigenvalue weighted by Gasteiger charge is 2.27. The van der Waals surface area contributed by atoms with Gasteiger partial charge in [-0.2, -0.15) is 0 Å². The molecule has 0 saturated heterocycles. The first kappa shape index (κ1) is 13.1. The molecule has 4 heteroatoms. The predicted octanol–water partition coefficient (Wildman–Crippen LogP) is 2.26. The SMILES string of the molecule is COC(C)(C)C(N)Cc1c(F)cccc1F. The van der Waals surface area contributed by atoms with Gasteiger partial charge in [0.05, 0.1) is 5.60 Å². The number of nitrogens with two attached hydrogens (primary N) is 1. The average molecular weight is 229 g/mol. The number of rotatable bonds is 4. The molecule has 0 bridgehead atoms. The van der Waals surface area contributed by atoms with E-state index in [4.69, 9.17) is 10.5 Å². The van der Waals surface area contributed by atoms with Crippen molar-refractivity contribution >= 4 is 0 Å². The third-order valence-electron chi connectivity index (χ3n) is 2.90. The van der Waals surface area contributed by atoms with Crippen molar-refractivity contribution in [3.63, 3.8) is 0 Å². The van der Waals surface area contributed by atoms with Crippen LogP contribution in [0.3, 0.4) is 0 Å². The third-order valence-corrected chi connectivity index (χ3v) is 2.90. The van der Waals surface area contributed by atoms with E-state index in [2.05, 4.69) is 0 Å². The minimum absolute atomic E-state index is 0.0140. The van der Waals surface area contributed by atoms with Gasteiger partial charge in [0.15, 0.2) is 0 Å². The molecule has 1 rings (SSSR count). The monoisotopic (exact) mass is 229 g/mol. The van der Waals surface area contributed by atoms with Crippen molar-refractivity contribution in [2.45, 2.75) is 31.9 Å². The van der Waals surface area contributed by atoms with Crippen LogP contribution in [0.2, 0.25) is 0 Å². The van der Waals surface area contributed by atoms with E-state index in [-0.39, 0.29) is 12.0 Å². The molecule has 90 valence electrons. The third kappa shape index (κ3) is 2.77. The van der Waals surface area contributed by atoms with Gasteiger partial charge in [-0.3, -0.25) is 0 Å². The number of hydrogen-bond acceptors (Lipinski definition) is 2. The van der Waals surface area contributed by atoms with Crippen LogP contribution >= 0.6 is 0 Å². The first-order valence-electron chi connectivity index (χ1n) is 5.12. The van der Waals surface area contributed by atoms with Crippen LogP contribution in [0, 0.1) is 11.6 Å². The largest absolute Gasteiger partial charge is 0.377 e. The van der Waals surface area contributed by atoms with Crippen LogP contribution < -0.4 is 5.73 Å². The summed E-state index contributed by atoms with van der Waals surface area (Å²) in [6.07, 6.45) is 0.110. The molecule has 1 aromatic rings. The molecular weight excluding hydrogens is 212 g/mol. The van der Waals surface area contributed by atoms with Crippen molar-refractivity contribution in [2.75, 3.05) is 7.11 Å². The van der Waals surface area contributed by atoms with Gasteiger partial charge >= 0.3 is 0 Å². The first-order valence-corrected chi connectivity index (χ1v) is 5.12. The van der Waals surface area contributed by atoms with Crippen molar-refractivity contribution in [3.05, 3.63) is 35.4 Å². The maximum absolute atomic E-state index is 13.4. The van der Waals surface area contributed by atoms with Crippen molar-refractivity contribution in [1.82, 2.24) is 0 Å². The van der Waals surface area contributed by atoms with Crippen molar-refractivity contribution in [2.24, 2.45) is 5.73 Å². The minimum atomic E-state index is -0.616. The first-order chi connectivity index (χ1) is 7.38. The lowest BCUT2D eigenvalue weighted by Crippen LogP contribution is -2.46. The molecule has 0 fully saturated rings. The standard InChI is InChI=1S/C12H17F2NO/c1-12(2,16-3)11(15)7-8-9(13)5-4-6-10(8)14/h4-6,11H,7,15H2,1-3H3. The normalized spacial score (nSPS) is 13.9. The second kappa shape index (κ2) is 4.89. The van der Waals surface area contributed by atoms with Gasteiger partial charge in [0.1, 0.15) is 11.6 Å². The summed E-state index contributed by atoms with van der Waals surface area (Å²) in [5, 5.41) is 0. The highest BCUT2D eigenvalue weighted by Crippen LogP contribution is 2.19. The van der Waals surface area contributed by atoms with Crippen LogP contribution in [0.1, 0.15) is 19.4 Å². The molecule has 2 nitrogen and oxygen atoms in total. The van der Waals surface area contributed by atoms with Crippen LogP contribution in [0.4, 0.5) is 8.78 Å². The van der Waals surface area contributed by atoms with Crippen molar-refractivity contribution in [1.29, 1.82) is 0 Å². The molecule has 1 aromatic carbocycles. The van der Waals surface area contributed by atoms with Crippen molar-refractivity contribution < 1.29 is 13.5 Å². The molecule has 1 unspecified atom stereocenters. The highest BCUT2D eigenvalue weighted by atomic mass is 19.1. The molecule has 0 spiro atoms. The Kier molecular flexibility index (Phi) is 3.99. The van der Waals surface area contributed by atoms with E-state index in [1.54, 1.807) is 13.8 Å². The minimum Gasteiger partial charge on any atom is -0.377 e. The number of methoxy groups -OCH3 is 1. The molecule has 0 aromatic heterocycles. The maximum atomic E-state index is 13.4. The molecule has 16 heavy (non-hydrogen) atoms. The lowest BCUT2D eigenvalue weighted by Gasteiger charge is -2.30. The Labute approximate surface area is 94.4 Å². The summed E-state index contributed by atoms with van der Waals surface area (Å²) in [7, 11) is 1.53. The summed E-state index contributed by atoms with van der Waals surface area (Å²) in [4.78, 5) is 0. The number of hydrogen-bond donors (Lipinski definition) is 1. The van der Waals surface area contributed by atoms with E-state index in [0.29, 0.717) is 0 Å². The number of halogens is 2. The maximum Gasteiger partial charge on any atom is 0.129 e. The average Bonchev–Trinajstić information content (AvgIpc) is 2.23. The molecule has 0 aliphatic heterocycles. The van der Waals surface area contributed by atoms with Gasteiger partial charge in [-0.05, 0) is 32.4 Å². The Balaban J connectivity index is 2.89. The van der Waals surface area contributed by atoms with Crippen LogP contribution in [-0.4, -0.2) is 18.8 Å². The highest BCUT2D eigenvalue weighted by molar-refractivity contribution is 5.21. The fourth-order valence-corrected chi connectivity index (χ4v) is 1.34. The topological polar surface area (TPSA) is 35.2 Å². The van der Waals surface area contributed by atoms with Gasteiger partial charge in [0.2, 0.25) is 0 Å². The summed E-state index contributed by atoms with van der Waals surface area (Å²) in [5.41, 5.74) is 5.27.